The van der Waals surface area contributed by atoms with Crippen LogP contribution in [0.25, 0.3) is 0 Å². The number of hydrogen-bond donors (Lipinski definition) is 1. The van der Waals surface area contributed by atoms with Crippen molar-refractivity contribution >= 4 is 7.85 Å². The van der Waals surface area contributed by atoms with Crippen molar-refractivity contribution in [2.45, 2.75) is 37.8 Å². The van der Waals surface area contributed by atoms with E-state index in [2.05, 4.69) is 0 Å². The third-order valence-corrected chi connectivity index (χ3v) is 1.89. The fourth-order valence-electron chi connectivity index (χ4n) is 1.41. The summed E-state index contributed by atoms with van der Waals surface area (Å²) in [6.45, 7) is 2.59. The van der Waals surface area contributed by atoms with E-state index in [1.54, 1.807) is 0 Å². The van der Waals surface area contributed by atoms with Gasteiger partial charge in [0.05, 0.1) is 20.1 Å². The summed E-state index contributed by atoms with van der Waals surface area (Å²) in [7, 11) is 5.61. The first-order valence-electron chi connectivity index (χ1n) is 3.79. The Kier molecular flexibility index (Phi) is 2.75. The fourth-order valence-corrected chi connectivity index (χ4v) is 1.41. The Morgan fingerprint density at radius 1 is 1.60 bits per heavy atom. The minimum Gasteiger partial charge on any atom is -0.390 e. The number of aliphatic hydroxyl groups excluding tert-OH is 1. The quantitative estimate of drug-likeness (QED) is 0.566. The predicted octanol–water partition coefficient (Wildman–Crippen LogP) is 0.503. The van der Waals surface area contributed by atoms with E-state index in [1.807, 2.05) is 6.92 Å². The molecule has 0 amide bonds. The monoisotopic (exact) mass is 140 g/mol. The lowest BCUT2D eigenvalue weighted by molar-refractivity contribution is -0.0128. The van der Waals surface area contributed by atoms with Crippen molar-refractivity contribution in [3.8, 4) is 0 Å². The van der Waals surface area contributed by atoms with Crippen LogP contribution in [-0.4, -0.2) is 31.8 Å². The molecule has 3 heteroatoms. The maximum absolute atomic E-state index is 9.29. The lowest BCUT2D eigenvalue weighted by atomic mass is 9.86. The molecule has 1 aliphatic rings. The third-order valence-electron chi connectivity index (χ3n) is 1.89. The van der Waals surface area contributed by atoms with Gasteiger partial charge >= 0.3 is 0 Å². The molecule has 1 N–H and O–H groups in total. The molecule has 3 atom stereocenters. The minimum atomic E-state index is -0.338. The van der Waals surface area contributed by atoms with E-state index in [0.717, 1.165) is 6.42 Å². The first kappa shape index (κ1) is 8.09. The number of aliphatic hydroxyl groups is 1. The summed E-state index contributed by atoms with van der Waals surface area (Å²) in [5.41, 5.74) is 0. The summed E-state index contributed by atoms with van der Waals surface area (Å²) in [6, 6.07) is 0. The van der Waals surface area contributed by atoms with Crippen molar-refractivity contribution in [2.75, 3.05) is 6.61 Å². The van der Waals surface area contributed by atoms with Crippen LogP contribution in [0.5, 0.6) is 0 Å². The van der Waals surface area contributed by atoms with Crippen molar-refractivity contribution in [3.05, 3.63) is 0 Å². The first-order chi connectivity index (χ1) is 4.74. The molecule has 2 radical (unpaired) electrons. The van der Waals surface area contributed by atoms with Crippen molar-refractivity contribution in [1.82, 2.24) is 0 Å². The van der Waals surface area contributed by atoms with Crippen LogP contribution in [0, 0.1) is 0 Å². The lowest BCUT2D eigenvalue weighted by Crippen LogP contribution is -2.22. The maximum atomic E-state index is 9.29. The fraction of sp³-hybridized carbons (Fsp3) is 1.00. The second-order valence-electron chi connectivity index (χ2n) is 2.79. The Bertz CT molecular complexity index is 108. The van der Waals surface area contributed by atoms with E-state index >= 15 is 0 Å². The molecule has 1 saturated carbocycles. The SMILES string of the molecule is [B][C@@H]1C[C@H](OCC)[C@@H](O)C1. The van der Waals surface area contributed by atoms with Gasteiger partial charge in [-0.05, 0) is 19.8 Å². The van der Waals surface area contributed by atoms with Gasteiger partial charge in [0, 0.05) is 6.61 Å². The van der Waals surface area contributed by atoms with E-state index in [4.69, 9.17) is 12.6 Å². The lowest BCUT2D eigenvalue weighted by Gasteiger charge is -2.13. The first-order valence-corrected chi connectivity index (χ1v) is 3.79. The molecular formula is C7H13BO2. The second-order valence-corrected chi connectivity index (χ2v) is 2.79. The largest absolute Gasteiger partial charge is 0.390 e. The molecule has 1 fully saturated rings. The topological polar surface area (TPSA) is 29.5 Å². The van der Waals surface area contributed by atoms with Crippen LogP contribution in [0.4, 0.5) is 0 Å². The highest BCUT2D eigenvalue weighted by molar-refractivity contribution is 6.11. The van der Waals surface area contributed by atoms with Crippen LogP contribution >= 0.6 is 0 Å². The summed E-state index contributed by atoms with van der Waals surface area (Å²) in [5.74, 6) is 0.131. The predicted molar refractivity (Wildman–Crippen MR) is 40.2 cm³/mol. The van der Waals surface area contributed by atoms with Gasteiger partial charge in [0.1, 0.15) is 0 Å². The Balaban J connectivity index is 2.31. The highest BCUT2D eigenvalue weighted by Crippen LogP contribution is 2.29. The van der Waals surface area contributed by atoms with E-state index in [9.17, 15) is 5.11 Å². The molecule has 0 unspecified atom stereocenters. The van der Waals surface area contributed by atoms with Gasteiger partial charge in [-0.15, -0.1) is 0 Å². The molecule has 1 aliphatic carbocycles. The minimum absolute atomic E-state index is 0.0139. The molecule has 0 aromatic carbocycles. The number of hydrogen-bond acceptors (Lipinski definition) is 2. The standard InChI is InChI=1S/C7H13BO2/c1-2-10-7-4-5(8)3-6(7)9/h5-7,9H,2-4H2,1H3/t5-,6-,7-/m0/s1. The van der Waals surface area contributed by atoms with Gasteiger partial charge in [0.15, 0.2) is 0 Å². The van der Waals surface area contributed by atoms with Gasteiger partial charge < -0.3 is 9.84 Å². The average Bonchev–Trinajstić information content (AvgIpc) is 2.13. The zero-order valence-electron chi connectivity index (χ0n) is 6.29. The number of rotatable bonds is 2. The molecule has 0 bridgehead atoms. The molecule has 0 heterocycles. The molecular weight excluding hydrogens is 127 g/mol. The molecule has 0 saturated heterocycles. The van der Waals surface area contributed by atoms with E-state index in [1.165, 1.54) is 0 Å². The molecule has 0 aromatic rings. The van der Waals surface area contributed by atoms with Crippen LogP contribution in [0.15, 0.2) is 0 Å². The van der Waals surface area contributed by atoms with Crippen molar-refractivity contribution in [3.63, 3.8) is 0 Å². The number of ether oxygens (including phenoxy) is 1. The van der Waals surface area contributed by atoms with Crippen molar-refractivity contribution in [1.29, 1.82) is 0 Å². The van der Waals surface area contributed by atoms with E-state index in [0.29, 0.717) is 13.0 Å². The Morgan fingerprint density at radius 3 is 2.70 bits per heavy atom. The van der Waals surface area contributed by atoms with Gasteiger partial charge in [0.25, 0.3) is 0 Å². The second kappa shape index (κ2) is 3.40. The summed E-state index contributed by atoms with van der Waals surface area (Å²) in [4.78, 5) is 0. The maximum Gasteiger partial charge on any atom is 0.0829 e. The molecule has 10 heavy (non-hydrogen) atoms. The van der Waals surface area contributed by atoms with Gasteiger partial charge in [-0.1, -0.05) is 5.82 Å². The summed E-state index contributed by atoms with van der Waals surface area (Å²) in [5, 5.41) is 9.29. The van der Waals surface area contributed by atoms with Crippen LogP contribution in [-0.2, 0) is 4.74 Å². The normalized spacial score (nSPS) is 40.4. The van der Waals surface area contributed by atoms with Crippen molar-refractivity contribution < 1.29 is 9.84 Å². The molecule has 0 spiro atoms. The Labute approximate surface area is 63.0 Å². The Hall–Kier alpha value is -0.0151. The van der Waals surface area contributed by atoms with Crippen LogP contribution < -0.4 is 0 Å². The van der Waals surface area contributed by atoms with Gasteiger partial charge in [-0.25, -0.2) is 0 Å². The van der Waals surface area contributed by atoms with Gasteiger partial charge in [-0.3, -0.25) is 0 Å². The zero-order valence-corrected chi connectivity index (χ0v) is 6.29. The smallest absolute Gasteiger partial charge is 0.0829 e. The summed E-state index contributed by atoms with van der Waals surface area (Å²) < 4.78 is 5.26. The van der Waals surface area contributed by atoms with Crippen molar-refractivity contribution in [2.24, 2.45) is 0 Å². The van der Waals surface area contributed by atoms with Gasteiger partial charge in [-0.2, -0.15) is 0 Å². The molecule has 56 valence electrons. The van der Waals surface area contributed by atoms with Crippen LogP contribution in [0.3, 0.4) is 0 Å². The zero-order chi connectivity index (χ0) is 7.56. The molecule has 2 nitrogen and oxygen atoms in total. The summed E-state index contributed by atoms with van der Waals surface area (Å²) >= 11 is 0. The average molecular weight is 140 g/mol. The Morgan fingerprint density at radius 2 is 2.30 bits per heavy atom. The van der Waals surface area contributed by atoms with E-state index < -0.39 is 0 Å². The van der Waals surface area contributed by atoms with Crippen LogP contribution in [0.2, 0.25) is 5.82 Å². The molecule has 0 aliphatic heterocycles. The van der Waals surface area contributed by atoms with Crippen LogP contribution in [0.1, 0.15) is 19.8 Å². The third kappa shape index (κ3) is 1.73. The van der Waals surface area contributed by atoms with E-state index in [-0.39, 0.29) is 18.0 Å². The summed E-state index contributed by atoms with van der Waals surface area (Å²) in [6.07, 6.45) is 1.13. The highest BCUT2D eigenvalue weighted by atomic mass is 16.5. The molecule has 1 rings (SSSR count). The van der Waals surface area contributed by atoms with Gasteiger partial charge in [0.2, 0.25) is 0 Å². The highest BCUT2D eigenvalue weighted by Gasteiger charge is 2.30. The molecule has 0 aromatic heterocycles.